The molecular formula is C14H32. The normalized spacial score (nSPS) is 6.57. The molecule has 0 saturated carbocycles. The van der Waals surface area contributed by atoms with Crippen molar-refractivity contribution in [1.29, 1.82) is 0 Å². The van der Waals surface area contributed by atoms with Crippen LogP contribution in [-0.2, 0) is 0 Å². The van der Waals surface area contributed by atoms with Crippen molar-refractivity contribution in [2.45, 2.75) is 61.3 Å². The number of hydrogen-bond acceptors (Lipinski definition) is 0. The first kappa shape index (κ1) is 23.4. The Morgan fingerprint density at radius 3 is 1.21 bits per heavy atom. The topological polar surface area (TPSA) is 0 Å². The van der Waals surface area contributed by atoms with Crippen molar-refractivity contribution in [3.63, 3.8) is 0 Å². The van der Waals surface area contributed by atoms with E-state index in [1.807, 2.05) is 39.8 Å². The van der Waals surface area contributed by atoms with E-state index in [-0.39, 0.29) is 0 Å². The fraction of sp³-hybridized carbons (Fsp3) is 0.714. The van der Waals surface area contributed by atoms with E-state index in [0.717, 1.165) is 18.8 Å². The molecular weight excluding hydrogens is 168 g/mol. The average molecular weight is 200 g/mol. The van der Waals surface area contributed by atoms with Crippen molar-refractivity contribution in [3.8, 4) is 0 Å². The molecule has 0 atom stereocenters. The number of rotatable bonds is 3. The van der Waals surface area contributed by atoms with Crippen LogP contribution in [0.4, 0.5) is 0 Å². The third-order valence-corrected chi connectivity index (χ3v) is 0.927. The van der Waals surface area contributed by atoms with E-state index >= 15 is 0 Å². The van der Waals surface area contributed by atoms with Gasteiger partial charge in [-0.3, -0.25) is 0 Å². The van der Waals surface area contributed by atoms with Gasteiger partial charge in [0.15, 0.2) is 0 Å². The molecule has 0 bridgehead atoms. The predicted octanol–water partition coefficient (Wildman–Crippen LogP) is 5.85. The van der Waals surface area contributed by atoms with Crippen molar-refractivity contribution in [1.82, 2.24) is 0 Å². The maximum absolute atomic E-state index is 3.60. The Kier molecular flexibility index (Phi) is 65.4. The summed E-state index contributed by atoms with van der Waals surface area (Å²) in [6.07, 6.45) is 6.05. The summed E-state index contributed by atoms with van der Waals surface area (Å²) < 4.78 is 0. The summed E-state index contributed by atoms with van der Waals surface area (Å²) in [5.74, 6) is 0.780. The van der Waals surface area contributed by atoms with Gasteiger partial charge in [0.2, 0.25) is 0 Å². The molecule has 0 radical (unpaired) electrons. The van der Waals surface area contributed by atoms with Gasteiger partial charge in [-0.25, -0.2) is 0 Å². The van der Waals surface area contributed by atoms with Gasteiger partial charge in [0.05, 0.1) is 0 Å². The summed E-state index contributed by atoms with van der Waals surface area (Å²) >= 11 is 0. The summed E-state index contributed by atoms with van der Waals surface area (Å²) in [6, 6.07) is 0. The Morgan fingerprint density at radius 2 is 1.21 bits per heavy atom. The molecule has 0 heterocycles. The van der Waals surface area contributed by atoms with Gasteiger partial charge in [0.1, 0.15) is 0 Å². The van der Waals surface area contributed by atoms with Crippen molar-refractivity contribution in [2.24, 2.45) is 5.92 Å². The van der Waals surface area contributed by atoms with Gasteiger partial charge < -0.3 is 0 Å². The summed E-state index contributed by atoms with van der Waals surface area (Å²) in [4.78, 5) is 0. The zero-order valence-corrected chi connectivity index (χ0v) is 11.6. The van der Waals surface area contributed by atoms with Gasteiger partial charge >= 0.3 is 0 Å². The Balaban J connectivity index is -0.0000000546. The van der Waals surface area contributed by atoms with Crippen LogP contribution in [0.2, 0.25) is 0 Å². The Labute approximate surface area is 93.1 Å². The summed E-state index contributed by atoms with van der Waals surface area (Å²) in [6.45, 7) is 21.5. The molecule has 0 aromatic carbocycles. The maximum Gasteiger partial charge on any atom is -0.0330 e. The van der Waals surface area contributed by atoms with E-state index in [4.69, 9.17) is 0 Å². The zero-order valence-electron chi connectivity index (χ0n) is 11.6. The lowest BCUT2D eigenvalue weighted by atomic mass is 10.1. The molecule has 0 aromatic heterocycles. The highest BCUT2D eigenvalue weighted by molar-refractivity contribution is 4.67. The van der Waals surface area contributed by atoms with E-state index in [0.29, 0.717) is 0 Å². The molecule has 0 aromatic rings. The molecule has 0 saturated heterocycles. The monoisotopic (exact) mass is 200 g/mol. The first-order valence-corrected chi connectivity index (χ1v) is 5.90. The highest BCUT2D eigenvalue weighted by Gasteiger charge is 1.82. The molecule has 0 aliphatic rings. The third-order valence-electron chi connectivity index (χ3n) is 0.927. The standard InChI is InChI=1S/C6H12.C4H8.2C2H6/c1-4-5-6(2)3;1-3-4-2;2*1-2/h4,6H,1,5H2,2-3H3;3H,1,4H2,2H3;2*1-2H3. The molecule has 0 amide bonds. The largest absolute Gasteiger partial charge is 0.103 e. The molecule has 0 fully saturated rings. The molecule has 0 aliphatic carbocycles. The summed E-state index contributed by atoms with van der Waals surface area (Å²) in [5, 5.41) is 0. The van der Waals surface area contributed by atoms with E-state index < -0.39 is 0 Å². The molecule has 88 valence electrons. The average Bonchev–Trinajstić information content (AvgIpc) is 2.24. The minimum absolute atomic E-state index is 0.780. The van der Waals surface area contributed by atoms with Crippen LogP contribution in [0.25, 0.3) is 0 Å². The zero-order chi connectivity index (χ0) is 12.4. The van der Waals surface area contributed by atoms with Crippen LogP contribution in [0, 0.1) is 5.92 Å². The second-order valence-electron chi connectivity index (χ2n) is 2.62. The first-order chi connectivity index (χ1) is 6.68. The smallest absolute Gasteiger partial charge is 0.0330 e. The minimum atomic E-state index is 0.780. The lowest BCUT2D eigenvalue weighted by Gasteiger charge is -1.92. The fourth-order valence-corrected chi connectivity index (χ4v) is 0.333. The molecule has 0 nitrogen and oxygen atoms in total. The molecule has 0 heteroatoms. The molecule has 14 heavy (non-hydrogen) atoms. The van der Waals surface area contributed by atoms with Crippen LogP contribution in [0.3, 0.4) is 0 Å². The van der Waals surface area contributed by atoms with Crippen molar-refractivity contribution in [3.05, 3.63) is 25.3 Å². The number of allylic oxidation sites excluding steroid dienone is 2. The summed E-state index contributed by atoms with van der Waals surface area (Å²) in [7, 11) is 0. The quantitative estimate of drug-likeness (QED) is 0.501. The van der Waals surface area contributed by atoms with E-state index in [1.54, 1.807) is 0 Å². The second kappa shape index (κ2) is 39.2. The van der Waals surface area contributed by atoms with Gasteiger partial charge in [0, 0.05) is 0 Å². The van der Waals surface area contributed by atoms with Crippen LogP contribution >= 0.6 is 0 Å². The van der Waals surface area contributed by atoms with Gasteiger partial charge in [0.25, 0.3) is 0 Å². The SMILES string of the molecule is C=CCC.C=CCC(C)C.CC.CC. The summed E-state index contributed by atoms with van der Waals surface area (Å²) in [5.41, 5.74) is 0. The fourth-order valence-electron chi connectivity index (χ4n) is 0.333. The van der Waals surface area contributed by atoms with E-state index in [9.17, 15) is 0 Å². The van der Waals surface area contributed by atoms with Crippen LogP contribution < -0.4 is 0 Å². The Bertz CT molecular complexity index is 70.1. The molecule has 0 unspecified atom stereocenters. The number of hydrogen-bond donors (Lipinski definition) is 0. The Morgan fingerprint density at radius 1 is 0.929 bits per heavy atom. The van der Waals surface area contributed by atoms with E-state index in [1.165, 1.54) is 0 Å². The van der Waals surface area contributed by atoms with Crippen LogP contribution in [0.1, 0.15) is 61.3 Å². The molecule has 0 spiro atoms. The highest BCUT2D eigenvalue weighted by atomic mass is 13.9. The van der Waals surface area contributed by atoms with Crippen molar-refractivity contribution < 1.29 is 0 Å². The third kappa shape index (κ3) is 104. The molecule has 0 aliphatic heterocycles. The van der Waals surface area contributed by atoms with Crippen LogP contribution in [-0.4, -0.2) is 0 Å². The minimum Gasteiger partial charge on any atom is -0.103 e. The molecule has 0 N–H and O–H groups in total. The van der Waals surface area contributed by atoms with Gasteiger partial charge in [-0.15, -0.1) is 13.2 Å². The maximum atomic E-state index is 3.60. The lowest BCUT2D eigenvalue weighted by molar-refractivity contribution is 0.664. The van der Waals surface area contributed by atoms with Crippen LogP contribution in [0.15, 0.2) is 25.3 Å². The lowest BCUT2D eigenvalue weighted by Crippen LogP contribution is -1.78. The van der Waals surface area contributed by atoms with Gasteiger partial charge in [-0.1, -0.05) is 60.6 Å². The predicted molar refractivity (Wildman–Crippen MR) is 72.8 cm³/mol. The van der Waals surface area contributed by atoms with Crippen LogP contribution in [0.5, 0.6) is 0 Å². The van der Waals surface area contributed by atoms with Gasteiger partial charge in [-0.05, 0) is 18.8 Å². The molecule has 0 rings (SSSR count). The van der Waals surface area contributed by atoms with Crippen molar-refractivity contribution in [2.75, 3.05) is 0 Å². The second-order valence-corrected chi connectivity index (χ2v) is 2.62. The highest BCUT2D eigenvalue weighted by Crippen LogP contribution is 1.96. The van der Waals surface area contributed by atoms with Crippen molar-refractivity contribution >= 4 is 0 Å². The van der Waals surface area contributed by atoms with Gasteiger partial charge in [-0.2, -0.15) is 0 Å². The Hall–Kier alpha value is -0.520. The first-order valence-electron chi connectivity index (χ1n) is 5.90. The van der Waals surface area contributed by atoms with E-state index in [2.05, 4.69) is 33.9 Å².